The molecule has 7 heteroatoms. The van der Waals surface area contributed by atoms with Crippen molar-refractivity contribution in [1.29, 1.82) is 0 Å². The van der Waals surface area contributed by atoms with Gasteiger partial charge in [0, 0.05) is 13.0 Å². The first-order valence-corrected chi connectivity index (χ1v) is 5.17. The minimum Gasteiger partial charge on any atom is -0.504 e. The fourth-order valence-electron chi connectivity index (χ4n) is 1.30. The lowest BCUT2D eigenvalue weighted by Crippen LogP contribution is -2.25. The standard InChI is InChI=1S/C11H12F3NO3/c12-11(13,14)5-2-6-15-10(18)7-3-1-4-8(16)9(7)17/h1,3-4,16-17H,2,5-6H2,(H,15,18). The maximum Gasteiger partial charge on any atom is 0.389 e. The van der Waals surface area contributed by atoms with E-state index < -0.39 is 30.0 Å². The van der Waals surface area contributed by atoms with Gasteiger partial charge in [-0.15, -0.1) is 0 Å². The largest absolute Gasteiger partial charge is 0.504 e. The van der Waals surface area contributed by atoms with E-state index in [1.165, 1.54) is 18.2 Å². The van der Waals surface area contributed by atoms with Crippen LogP contribution in [0.1, 0.15) is 23.2 Å². The summed E-state index contributed by atoms with van der Waals surface area (Å²) >= 11 is 0. The molecule has 0 aliphatic rings. The normalized spacial score (nSPS) is 11.3. The van der Waals surface area contributed by atoms with Crippen molar-refractivity contribution in [2.45, 2.75) is 19.0 Å². The van der Waals surface area contributed by atoms with Crippen LogP contribution in [-0.4, -0.2) is 28.8 Å². The summed E-state index contributed by atoms with van der Waals surface area (Å²) < 4.78 is 35.5. The topological polar surface area (TPSA) is 69.6 Å². The molecule has 3 N–H and O–H groups in total. The average molecular weight is 263 g/mol. The molecule has 1 aromatic carbocycles. The van der Waals surface area contributed by atoms with E-state index in [9.17, 15) is 23.1 Å². The summed E-state index contributed by atoms with van der Waals surface area (Å²) in [6.07, 6.45) is -5.48. The van der Waals surface area contributed by atoms with E-state index in [0.29, 0.717) is 0 Å². The van der Waals surface area contributed by atoms with Crippen LogP contribution in [-0.2, 0) is 0 Å². The Morgan fingerprint density at radius 3 is 2.56 bits per heavy atom. The number of halogens is 3. The fourth-order valence-corrected chi connectivity index (χ4v) is 1.30. The molecule has 0 heterocycles. The fraction of sp³-hybridized carbons (Fsp3) is 0.364. The van der Waals surface area contributed by atoms with E-state index in [4.69, 9.17) is 5.11 Å². The SMILES string of the molecule is O=C(NCCCC(F)(F)F)c1cccc(O)c1O. The number of phenolic OH excluding ortho intramolecular Hbond substituents is 2. The number of benzene rings is 1. The number of amides is 1. The van der Waals surface area contributed by atoms with Crippen LogP contribution in [0.25, 0.3) is 0 Å². The van der Waals surface area contributed by atoms with E-state index in [-0.39, 0.29) is 18.5 Å². The first-order chi connectivity index (χ1) is 8.31. The van der Waals surface area contributed by atoms with Gasteiger partial charge in [-0.1, -0.05) is 6.07 Å². The van der Waals surface area contributed by atoms with Crippen molar-refractivity contribution >= 4 is 5.91 Å². The van der Waals surface area contributed by atoms with Gasteiger partial charge in [0.05, 0.1) is 5.56 Å². The number of hydrogen-bond acceptors (Lipinski definition) is 3. The summed E-state index contributed by atoms with van der Waals surface area (Å²) in [5.41, 5.74) is -0.179. The van der Waals surface area contributed by atoms with Crippen LogP contribution < -0.4 is 5.32 Å². The smallest absolute Gasteiger partial charge is 0.389 e. The first-order valence-electron chi connectivity index (χ1n) is 5.17. The molecule has 100 valence electrons. The molecular weight excluding hydrogens is 251 g/mol. The highest BCUT2D eigenvalue weighted by Gasteiger charge is 2.26. The van der Waals surface area contributed by atoms with Gasteiger partial charge in [0.25, 0.3) is 5.91 Å². The number of carbonyl (C=O) groups is 1. The molecule has 0 aromatic heterocycles. The highest BCUT2D eigenvalue weighted by atomic mass is 19.4. The van der Waals surface area contributed by atoms with Crippen LogP contribution in [0.2, 0.25) is 0 Å². The number of phenols is 2. The number of hydrogen-bond donors (Lipinski definition) is 3. The maximum atomic E-state index is 11.8. The predicted octanol–water partition coefficient (Wildman–Crippen LogP) is 2.17. The minimum absolute atomic E-state index is 0.159. The molecule has 18 heavy (non-hydrogen) atoms. The van der Waals surface area contributed by atoms with Crippen molar-refractivity contribution in [3.05, 3.63) is 23.8 Å². The molecule has 0 aliphatic heterocycles. The van der Waals surface area contributed by atoms with Gasteiger partial charge >= 0.3 is 6.18 Å². The van der Waals surface area contributed by atoms with Crippen molar-refractivity contribution in [2.24, 2.45) is 0 Å². The summed E-state index contributed by atoms with van der Waals surface area (Å²) in [5.74, 6) is -1.78. The molecule has 0 spiro atoms. The van der Waals surface area contributed by atoms with Gasteiger partial charge in [-0.25, -0.2) is 0 Å². The number of rotatable bonds is 4. The van der Waals surface area contributed by atoms with Crippen molar-refractivity contribution in [3.63, 3.8) is 0 Å². The Bertz CT molecular complexity index is 432. The molecule has 0 unspecified atom stereocenters. The quantitative estimate of drug-likeness (QED) is 0.576. The molecule has 0 saturated carbocycles. The second-order valence-corrected chi connectivity index (χ2v) is 3.65. The number of alkyl halides is 3. The van der Waals surface area contributed by atoms with Gasteiger partial charge in [-0.3, -0.25) is 4.79 Å². The van der Waals surface area contributed by atoms with E-state index >= 15 is 0 Å². The van der Waals surface area contributed by atoms with E-state index in [2.05, 4.69) is 5.32 Å². The highest BCUT2D eigenvalue weighted by molar-refractivity contribution is 5.97. The number of para-hydroxylation sites is 1. The van der Waals surface area contributed by atoms with Crippen LogP contribution >= 0.6 is 0 Å². The summed E-state index contributed by atoms with van der Waals surface area (Å²) in [4.78, 5) is 11.5. The Morgan fingerprint density at radius 2 is 1.94 bits per heavy atom. The Labute approximate surface area is 101 Å². The third-order valence-corrected chi connectivity index (χ3v) is 2.18. The predicted molar refractivity (Wildman–Crippen MR) is 57.4 cm³/mol. The molecule has 0 atom stereocenters. The molecule has 0 aliphatic carbocycles. The highest BCUT2D eigenvalue weighted by Crippen LogP contribution is 2.28. The summed E-state index contributed by atoms with van der Waals surface area (Å²) in [7, 11) is 0. The van der Waals surface area contributed by atoms with Gasteiger partial charge in [0.1, 0.15) is 0 Å². The Morgan fingerprint density at radius 1 is 1.28 bits per heavy atom. The minimum atomic E-state index is -4.25. The molecule has 0 fully saturated rings. The lowest BCUT2D eigenvalue weighted by atomic mass is 10.1. The van der Waals surface area contributed by atoms with Gasteiger partial charge in [-0.05, 0) is 18.6 Å². The van der Waals surface area contributed by atoms with Crippen LogP contribution in [0.3, 0.4) is 0 Å². The summed E-state index contributed by atoms with van der Waals surface area (Å²) in [6, 6.07) is 3.80. The molecule has 0 saturated heterocycles. The Hall–Kier alpha value is -1.92. The van der Waals surface area contributed by atoms with Gasteiger partial charge in [0.15, 0.2) is 11.5 Å². The van der Waals surface area contributed by atoms with Crippen molar-refractivity contribution in [1.82, 2.24) is 5.32 Å². The lowest BCUT2D eigenvalue weighted by molar-refractivity contribution is -0.135. The molecule has 1 aromatic rings. The zero-order chi connectivity index (χ0) is 13.8. The monoisotopic (exact) mass is 263 g/mol. The van der Waals surface area contributed by atoms with Crippen molar-refractivity contribution in [3.8, 4) is 11.5 Å². The Balaban J connectivity index is 2.49. The maximum absolute atomic E-state index is 11.8. The molecule has 0 bridgehead atoms. The second-order valence-electron chi connectivity index (χ2n) is 3.65. The zero-order valence-electron chi connectivity index (χ0n) is 9.29. The molecule has 1 rings (SSSR count). The average Bonchev–Trinajstić information content (AvgIpc) is 2.26. The van der Waals surface area contributed by atoms with Crippen LogP contribution in [0.15, 0.2) is 18.2 Å². The third kappa shape index (κ3) is 4.15. The molecule has 1 amide bonds. The molecule has 0 radical (unpaired) electrons. The van der Waals surface area contributed by atoms with E-state index in [1.807, 2.05) is 0 Å². The number of carbonyl (C=O) groups excluding carboxylic acids is 1. The van der Waals surface area contributed by atoms with Gasteiger partial charge < -0.3 is 15.5 Å². The third-order valence-electron chi connectivity index (χ3n) is 2.18. The lowest BCUT2D eigenvalue weighted by Gasteiger charge is -2.08. The molecular formula is C11H12F3NO3. The first kappa shape index (κ1) is 14.1. The number of aromatic hydroxyl groups is 2. The zero-order valence-corrected chi connectivity index (χ0v) is 9.29. The van der Waals surface area contributed by atoms with Crippen molar-refractivity contribution in [2.75, 3.05) is 6.54 Å². The van der Waals surface area contributed by atoms with Crippen LogP contribution in [0, 0.1) is 0 Å². The summed E-state index contributed by atoms with van der Waals surface area (Å²) in [5, 5.41) is 20.7. The summed E-state index contributed by atoms with van der Waals surface area (Å²) in [6.45, 7) is -0.159. The van der Waals surface area contributed by atoms with E-state index in [0.717, 1.165) is 0 Å². The van der Waals surface area contributed by atoms with Gasteiger partial charge in [-0.2, -0.15) is 13.2 Å². The second kappa shape index (κ2) is 5.61. The molecule has 4 nitrogen and oxygen atoms in total. The Kier molecular flexibility index (Phi) is 4.41. The van der Waals surface area contributed by atoms with Gasteiger partial charge in [0.2, 0.25) is 0 Å². The number of nitrogens with one attached hydrogen (secondary N) is 1. The van der Waals surface area contributed by atoms with Crippen molar-refractivity contribution < 1.29 is 28.2 Å². The van der Waals surface area contributed by atoms with Crippen LogP contribution in [0.4, 0.5) is 13.2 Å². The van der Waals surface area contributed by atoms with E-state index in [1.54, 1.807) is 0 Å². The van der Waals surface area contributed by atoms with Crippen LogP contribution in [0.5, 0.6) is 11.5 Å².